The first-order valence-corrected chi connectivity index (χ1v) is 6.75. The molecule has 1 saturated carbocycles. The molecule has 1 aromatic heterocycles. The maximum atomic E-state index is 12.3. The largest absolute Gasteiger partial charge is 0.337 e. The molecule has 1 fully saturated rings. The SMILES string of the molecule is CCN(CC1CCC1)C(=O)c1cn(CCN)cn1. The number of amides is 1. The first-order valence-electron chi connectivity index (χ1n) is 6.75. The first kappa shape index (κ1) is 13.1. The lowest BCUT2D eigenvalue weighted by Gasteiger charge is -2.31. The number of aromatic nitrogens is 2. The third kappa shape index (κ3) is 2.90. The monoisotopic (exact) mass is 250 g/mol. The summed E-state index contributed by atoms with van der Waals surface area (Å²) in [5, 5.41) is 0. The second kappa shape index (κ2) is 6.00. The van der Waals surface area contributed by atoms with E-state index >= 15 is 0 Å². The van der Waals surface area contributed by atoms with E-state index in [0.717, 1.165) is 13.1 Å². The summed E-state index contributed by atoms with van der Waals surface area (Å²) in [4.78, 5) is 18.4. The van der Waals surface area contributed by atoms with Crippen LogP contribution in [0.5, 0.6) is 0 Å². The summed E-state index contributed by atoms with van der Waals surface area (Å²) in [5.41, 5.74) is 6.01. The number of carbonyl (C=O) groups is 1. The van der Waals surface area contributed by atoms with Crippen LogP contribution in [0.3, 0.4) is 0 Å². The van der Waals surface area contributed by atoms with Crippen LogP contribution in [-0.2, 0) is 6.54 Å². The standard InChI is InChI=1S/C13H22N4O/c1-2-17(8-11-4-3-5-11)13(18)12-9-16(7-6-14)10-15-12/h9-11H,2-8,14H2,1H3. The van der Waals surface area contributed by atoms with Gasteiger partial charge in [0.1, 0.15) is 5.69 Å². The van der Waals surface area contributed by atoms with Gasteiger partial charge in [0.15, 0.2) is 0 Å². The summed E-state index contributed by atoms with van der Waals surface area (Å²) in [6, 6.07) is 0. The van der Waals surface area contributed by atoms with Gasteiger partial charge in [-0.3, -0.25) is 4.79 Å². The molecule has 1 amide bonds. The van der Waals surface area contributed by atoms with Gasteiger partial charge in [0.05, 0.1) is 6.33 Å². The summed E-state index contributed by atoms with van der Waals surface area (Å²) in [6.07, 6.45) is 7.29. The number of carbonyl (C=O) groups excluding carboxylic acids is 1. The van der Waals surface area contributed by atoms with Crippen LogP contribution in [-0.4, -0.2) is 40.0 Å². The van der Waals surface area contributed by atoms with E-state index in [1.54, 1.807) is 12.5 Å². The van der Waals surface area contributed by atoms with Crippen molar-refractivity contribution in [1.82, 2.24) is 14.5 Å². The average Bonchev–Trinajstić information content (AvgIpc) is 2.76. The van der Waals surface area contributed by atoms with Crippen molar-refractivity contribution < 1.29 is 4.79 Å². The van der Waals surface area contributed by atoms with Crippen LogP contribution in [0, 0.1) is 5.92 Å². The fourth-order valence-corrected chi connectivity index (χ4v) is 2.25. The number of imidazole rings is 1. The Morgan fingerprint density at radius 1 is 1.61 bits per heavy atom. The van der Waals surface area contributed by atoms with E-state index in [-0.39, 0.29) is 5.91 Å². The zero-order chi connectivity index (χ0) is 13.0. The predicted octanol–water partition coefficient (Wildman–Crippen LogP) is 1.10. The molecule has 0 radical (unpaired) electrons. The molecule has 0 aliphatic heterocycles. The second-order valence-corrected chi connectivity index (χ2v) is 4.93. The Bertz CT molecular complexity index is 397. The van der Waals surface area contributed by atoms with Gasteiger partial charge in [0.25, 0.3) is 5.91 Å². The van der Waals surface area contributed by atoms with Gasteiger partial charge >= 0.3 is 0 Å². The quantitative estimate of drug-likeness (QED) is 0.822. The van der Waals surface area contributed by atoms with Crippen molar-refractivity contribution in [3.8, 4) is 0 Å². The van der Waals surface area contributed by atoms with Crippen molar-refractivity contribution in [3.05, 3.63) is 18.2 Å². The minimum absolute atomic E-state index is 0.0418. The first-order chi connectivity index (χ1) is 8.74. The molecule has 100 valence electrons. The lowest BCUT2D eigenvalue weighted by Crippen LogP contribution is -2.37. The van der Waals surface area contributed by atoms with Crippen LogP contribution in [0.25, 0.3) is 0 Å². The van der Waals surface area contributed by atoms with E-state index in [1.807, 2.05) is 16.4 Å². The third-order valence-electron chi connectivity index (χ3n) is 3.61. The van der Waals surface area contributed by atoms with E-state index < -0.39 is 0 Å². The zero-order valence-corrected chi connectivity index (χ0v) is 11.0. The van der Waals surface area contributed by atoms with E-state index in [2.05, 4.69) is 4.98 Å². The van der Waals surface area contributed by atoms with E-state index in [9.17, 15) is 4.79 Å². The molecule has 1 aliphatic carbocycles. The molecule has 0 unspecified atom stereocenters. The number of hydrogen-bond acceptors (Lipinski definition) is 3. The number of rotatable bonds is 6. The molecule has 0 spiro atoms. The van der Waals surface area contributed by atoms with Gasteiger partial charge in [-0.2, -0.15) is 0 Å². The van der Waals surface area contributed by atoms with Crippen LogP contribution in [0.4, 0.5) is 0 Å². The highest BCUT2D eigenvalue weighted by atomic mass is 16.2. The van der Waals surface area contributed by atoms with Crippen LogP contribution < -0.4 is 5.73 Å². The van der Waals surface area contributed by atoms with Crippen molar-refractivity contribution in [3.63, 3.8) is 0 Å². The van der Waals surface area contributed by atoms with Crippen LogP contribution >= 0.6 is 0 Å². The molecule has 0 atom stereocenters. The molecule has 1 aromatic rings. The van der Waals surface area contributed by atoms with Gasteiger partial charge in [-0.25, -0.2) is 4.98 Å². The minimum Gasteiger partial charge on any atom is -0.337 e. The van der Waals surface area contributed by atoms with Crippen molar-refractivity contribution in [2.45, 2.75) is 32.7 Å². The highest BCUT2D eigenvalue weighted by Crippen LogP contribution is 2.27. The van der Waals surface area contributed by atoms with E-state index in [1.165, 1.54) is 19.3 Å². The summed E-state index contributed by atoms with van der Waals surface area (Å²) < 4.78 is 1.87. The molecule has 18 heavy (non-hydrogen) atoms. The Morgan fingerprint density at radius 3 is 2.94 bits per heavy atom. The van der Waals surface area contributed by atoms with Crippen molar-refractivity contribution in [2.75, 3.05) is 19.6 Å². The molecule has 0 bridgehead atoms. The van der Waals surface area contributed by atoms with Crippen LogP contribution in [0.15, 0.2) is 12.5 Å². The maximum absolute atomic E-state index is 12.3. The molecular weight excluding hydrogens is 228 g/mol. The molecular formula is C13H22N4O. The Hall–Kier alpha value is -1.36. The number of nitrogens with two attached hydrogens (primary N) is 1. The molecule has 5 heteroatoms. The van der Waals surface area contributed by atoms with Gasteiger partial charge in [0, 0.05) is 32.4 Å². The summed E-state index contributed by atoms with van der Waals surface area (Å²) in [5.74, 6) is 0.736. The number of hydrogen-bond donors (Lipinski definition) is 1. The van der Waals surface area contributed by atoms with Crippen LogP contribution in [0.1, 0.15) is 36.7 Å². The highest BCUT2D eigenvalue weighted by molar-refractivity contribution is 5.92. The van der Waals surface area contributed by atoms with Crippen molar-refractivity contribution in [2.24, 2.45) is 11.7 Å². The maximum Gasteiger partial charge on any atom is 0.274 e. The lowest BCUT2D eigenvalue weighted by atomic mass is 9.85. The Labute approximate surface area is 108 Å². The fourth-order valence-electron chi connectivity index (χ4n) is 2.25. The van der Waals surface area contributed by atoms with E-state index in [0.29, 0.717) is 24.7 Å². The smallest absolute Gasteiger partial charge is 0.274 e. The normalized spacial score (nSPS) is 15.4. The summed E-state index contributed by atoms with van der Waals surface area (Å²) in [7, 11) is 0. The Balaban J connectivity index is 1.97. The van der Waals surface area contributed by atoms with Crippen molar-refractivity contribution in [1.29, 1.82) is 0 Å². The van der Waals surface area contributed by atoms with Gasteiger partial charge in [-0.05, 0) is 25.7 Å². The van der Waals surface area contributed by atoms with Crippen LogP contribution in [0.2, 0.25) is 0 Å². The van der Waals surface area contributed by atoms with Crippen molar-refractivity contribution >= 4 is 5.91 Å². The Kier molecular flexibility index (Phi) is 4.36. The topological polar surface area (TPSA) is 64.2 Å². The summed E-state index contributed by atoms with van der Waals surface area (Å²) >= 11 is 0. The molecule has 1 heterocycles. The zero-order valence-electron chi connectivity index (χ0n) is 11.0. The molecule has 5 nitrogen and oxygen atoms in total. The van der Waals surface area contributed by atoms with Gasteiger partial charge < -0.3 is 15.2 Å². The molecule has 0 aromatic carbocycles. The third-order valence-corrected chi connectivity index (χ3v) is 3.61. The molecule has 0 saturated heterocycles. The molecule has 2 N–H and O–H groups in total. The van der Waals surface area contributed by atoms with Gasteiger partial charge in [0.2, 0.25) is 0 Å². The van der Waals surface area contributed by atoms with E-state index in [4.69, 9.17) is 5.73 Å². The molecule has 1 aliphatic rings. The lowest BCUT2D eigenvalue weighted by molar-refractivity contribution is 0.0701. The minimum atomic E-state index is 0.0418. The van der Waals surface area contributed by atoms with Gasteiger partial charge in [-0.15, -0.1) is 0 Å². The van der Waals surface area contributed by atoms with Gasteiger partial charge in [-0.1, -0.05) is 6.42 Å². The Morgan fingerprint density at radius 2 is 2.39 bits per heavy atom. The highest BCUT2D eigenvalue weighted by Gasteiger charge is 2.24. The summed E-state index contributed by atoms with van der Waals surface area (Å²) in [6.45, 7) is 4.91. The molecule has 2 rings (SSSR count). The second-order valence-electron chi connectivity index (χ2n) is 4.93. The number of nitrogens with zero attached hydrogens (tertiary/aromatic N) is 3. The average molecular weight is 250 g/mol. The predicted molar refractivity (Wildman–Crippen MR) is 70.2 cm³/mol. The fraction of sp³-hybridized carbons (Fsp3) is 0.692.